The largest absolute Gasteiger partial charge is 0.468 e. The summed E-state index contributed by atoms with van der Waals surface area (Å²) in [7, 11) is 1.38. The Balaban J connectivity index is 1.93. The van der Waals surface area contributed by atoms with Gasteiger partial charge in [-0.1, -0.05) is 6.07 Å². The zero-order chi connectivity index (χ0) is 13.0. The molecule has 5 heteroatoms. The molecule has 1 fully saturated rings. The first-order valence-electron chi connectivity index (χ1n) is 6.10. The van der Waals surface area contributed by atoms with Gasteiger partial charge in [0.15, 0.2) is 0 Å². The maximum atomic E-state index is 11.6. The molecule has 1 aliphatic heterocycles. The van der Waals surface area contributed by atoms with Crippen LogP contribution >= 0.6 is 0 Å². The molecule has 0 saturated carbocycles. The molecule has 0 amide bonds. The lowest BCUT2D eigenvalue weighted by Gasteiger charge is -2.21. The van der Waals surface area contributed by atoms with Crippen molar-refractivity contribution in [3.63, 3.8) is 0 Å². The molecule has 98 valence electrons. The van der Waals surface area contributed by atoms with Crippen molar-refractivity contribution in [2.24, 2.45) is 0 Å². The van der Waals surface area contributed by atoms with Crippen molar-refractivity contribution in [2.45, 2.75) is 25.0 Å². The van der Waals surface area contributed by atoms with Gasteiger partial charge in [-0.25, -0.2) is 0 Å². The van der Waals surface area contributed by atoms with Gasteiger partial charge in [-0.15, -0.1) is 0 Å². The summed E-state index contributed by atoms with van der Waals surface area (Å²) in [5, 5.41) is 9.65. The van der Waals surface area contributed by atoms with Gasteiger partial charge in [0.25, 0.3) is 0 Å². The predicted molar refractivity (Wildman–Crippen MR) is 65.9 cm³/mol. The molecular formula is C13H18N2O3. The summed E-state index contributed by atoms with van der Waals surface area (Å²) >= 11 is 0. The predicted octanol–water partition coefficient (Wildman–Crippen LogP) is 0.232. The number of hydrogen-bond acceptors (Lipinski definition) is 5. The number of aliphatic hydroxyl groups excluding tert-OH is 1. The third-order valence-electron chi connectivity index (χ3n) is 3.24. The number of hydrogen-bond donors (Lipinski definition) is 1. The molecule has 0 bridgehead atoms. The van der Waals surface area contributed by atoms with Crippen LogP contribution in [0.1, 0.15) is 12.1 Å². The second-order valence-corrected chi connectivity index (χ2v) is 4.49. The van der Waals surface area contributed by atoms with Gasteiger partial charge < -0.3 is 9.84 Å². The van der Waals surface area contributed by atoms with E-state index in [-0.39, 0.29) is 12.0 Å². The summed E-state index contributed by atoms with van der Waals surface area (Å²) in [6.45, 7) is 1.22. The van der Waals surface area contributed by atoms with E-state index in [9.17, 15) is 9.90 Å². The Kier molecular flexibility index (Phi) is 4.28. The molecule has 0 aliphatic carbocycles. The second-order valence-electron chi connectivity index (χ2n) is 4.49. The Labute approximate surface area is 106 Å². The Hall–Kier alpha value is -1.46. The first-order valence-corrected chi connectivity index (χ1v) is 6.10. The molecule has 2 unspecified atom stereocenters. The lowest BCUT2D eigenvalue weighted by atomic mass is 10.2. The van der Waals surface area contributed by atoms with Crippen molar-refractivity contribution in [2.75, 3.05) is 20.2 Å². The fourth-order valence-electron chi connectivity index (χ4n) is 2.31. The molecule has 2 heterocycles. The van der Waals surface area contributed by atoms with Crippen LogP contribution in [0.5, 0.6) is 0 Å². The maximum absolute atomic E-state index is 11.6. The van der Waals surface area contributed by atoms with Crippen molar-refractivity contribution in [1.29, 1.82) is 0 Å². The lowest BCUT2D eigenvalue weighted by molar-refractivity contribution is -0.145. The summed E-state index contributed by atoms with van der Waals surface area (Å²) < 4.78 is 4.76. The van der Waals surface area contributed by atoms with Crippen molar-refractivity contribution < 1.29 is 14.6 Å². The number of carbonyl (C=O) groups excluding carboxylic acids is 1. The number of esters is 1. The molecule has 1 N–H and O–H groups in total. The smallest absolute Gasteiger partial charge is 0.323 e. The second kappa shape index (κ2) is 5.93. The average Bonchev–Trinajstić information content (AvgIpc) is 2.78. The molecule has 1 aliphatic rings. The van der Waals surface area contributed by atoms with Crippen molar-refractivity contribution in [3.05, 3.63) is 30.1 Å². The molecule has 1 saturated heterocycles. The van der Waals surface area contributed by atoms with Crippen LogP contribution in [-0.2, 0) is 16.0 Å². The fourth-order valence-corrected chi connectivity index (χ4v) is 2.31. The van der Waals surface area contributed by atoms with Crippen LogP contribution in [-0.4, -0.2) is 53.3 Å². The van der Waals surface area contributed by atoms with Crippen LogP contribution in [0.25, 0.3) is 0 Å². The number of likely N-dealkylation sites (tertiary alicyclic amines) is 1. The normalized spacial score (nSPS) is 24.1. The first-order chi connectivity index (χ1) is 8.70. The van der Waals surface area contributed by atoms with Crippen molar-refractivity contribution in [1.82, 2.24) is 9.88 Å². The number of carbonyl (C=O) groups is 1. The van der Waals surface area contributed by atoms with E-state index in [1.165, 1.54) is 7.11 Å². The van der Waals surface area contributed by atoms with Gasteiger partial charge in [0.05, 0.1) is 13.2 Å². The van der Waals surface area contributed by atoms with Gasteiger partial charge in [-0.2, -0.15) is 0 Å². The molecule has 0 spiro atoms. The van der Waals surface area contributed by atoms with Crippen molar-refractivity contribution in [3.8, 4) is 0 Å². The summed E-state index contributed by atoms with van der Waals surface area (Å²) in [5.74, 6) is -0.271. The minimum atomic E-state index is -0.446. The molecule has 1 aromatic rings. The highest BCUT2D eigenvalue weighted by atomic mass is 16.5. The number of nitrogens with zero attached hydrogens (tertiary/aromatic N) is 2. The highest BCUT2D eigenvalue weighted by molar-refractivity contribution is 5.76. The summed E-state index contributed by atoms with van der Waals surface area (Å²) in [6.07, 6.45) is 2.53. The minimum Gasteiger partial charge on any atom is -0.468 e. The molecule has 18 heavy (non-hydrogen) atoms. The number of rotatable bonds is 4. The van der Waals surface area contributed by atoms with E-state index in [0.29, 0.717) is 19.5 Å². The third-order valence-corrected chi connectivity index (χ3v) is 3.24. The maximum Gasteiger partial charge on any atom is 0.323 e. The van der Waals surface area contributed by atoms with E-state index in [1.807, 2.05) is 23.1 Å². The number of pyridine rings is 1. The van der Waals surface area contributed by atoms with Crippen molar-refractivity contribution >= 4 is 5.97 Å². The number of ether oxygens (including phenoxy) is 1. The third kappa shape index (κ3) is 3.05. The Morgan fingerprint density at radius 3 is 3.11 bits per heavy atom. The molecule has 5 nitrogen and oxygen atoms in total. The molecule has 1 aromatic heterocycles. The van der Waals surface area contributed by atoms with Crippen LogP contribution in [0.3, 0.4) is 0 Å². The summed E-state index contributed by atoms with van der Waals surface area (Å²) in [4.78, 5) is 17.8. The quantitative estimate of drug-likeness (QED) is 0.775. The topological polar surface area (TPSA) is 62.7 Å². The van der Waals surface area contributed by atoms with Crippen LogP contribution in [0.15, 0.2) is 24.4 Å². The first kappa shape index (κ1) is 13.0. The fraction of sp³-hybridized carbons (Fsp3) is 0.538. The zero-order valence-electron chi connectivity index (χ0n) is 10.5. The molecule has 2 atom stereocenters. The Morgan fingerprint density at radius 1 is 1.61 bits per heavy atom. The molecule has 2 rings (SSSR count). The van der Waals surface area contributed by atoms with Gasteiger partial charge in [0, 0.05) is 37.8 Å². The summed E-state index contributed by atoms with van der Waals surface area (Å²) in [6, 6.07) is 5.45. The van der Waals surface area contributed by atoms with Crippen LogP contribution < -0.4 is 0 Å². The van der Waals surface area contributed by atoms with Crippen LogP contribution in [0.2, 0.25) is 0 Å². The molecule has 0 aromatic carbocycles. The van der Waals surface area contributed by atoms with Gasteiger partial charge >= 0.3 is 5.97 Å². The Morgan fingerprint density at radius 2 is 2.44 bits per heavy atom. The Bertz CT molecular complexity index is 396. The standard InChI is InChI=1S/C13H18N2O3/c1-18-13(17)12-8-11(16)9-15(12)7-5-10-4-2-3-6-14-10/h2-4,6,11-12,16H,5,7-9H2,1H3. The number of aliphatic hydroxyl groups is 1. The highest BCUT2D eigenvalue weighted by Gasteiger charge is 2.36. The SMILES string of the molecule is COC(=O)C1CC(O)CN1CCc1ccccn1. The van der Waals surface area contributed by atoms with Gasteiger partial charge in [0.1, 0.15) is 6.04 Å². The van der Waals surface area contributed by atoms with E-state index in [2.05, 4.69) is 4.98 Å². The molecular weight excluding hydrogens is 232 g/mol. The minimum absolute atomic E-state index is 0.271. The number of aromatic nitrogens is 1. The highest BCUT2D eigenvalue weighted by Crippen LogP contribution is 2.19. The summed E-state index contributed by atoms with van der Waals surface area (Å²) in [5.41, 5.74) is 0.988. The van der Waals surface area contributed by atoms with Crippen LogP contribution in [0, 0.1) is 0 Å². The monoisotopic (exact) mass is 250 g/mol. The van der Waals surface area contributed by atoms with E-state index in [1.54, 1.807) is 6.20 Å². The lowest BCUT2D eigenvalue weighted by Crippen LogP contribution is -2.38. The molecule has 0 radical (unpaired) electrons. The van der Waals surface area contributed by atoms with Gasteiger partial charge in [-0.3, -0.25) is 14.7 Å². The van der Waals surface area contributed by atoms with Gasteiger partial charge in [-0.05, 0) is 12.1 Å². The number of methoxy groups -OCH3 is 1. The van der Waals surface area contributed by atoms with E-state index < -0.39 is 6.10 Å². The van der Waals surface area contributed by atoms with E-state index in [4.69, 9.17) is 4.74 Å². The zero-order valence-corrected chi connectivity index (χ0v) is 10.5. The van der Waals surface area contributed by atoms with Gasteiger partial charge in [0.2, 0.25) is 0 Å². The average molecular weight is 250 g/mol. The van der Waals surface area contributed by atoms with E-state index in [0.717, 1.165) is 12.1 Å². The number of β-amino-alcohol motifs (C(OH)–C–C–N with tert-alkyl or cyclic N) is 1. The van der Waals surface area contributed by atoms with Crippen LogP contribution in [0.4, 0.5) is 0 Å². The van der Waals surface area contributed by atoms with E-state index >= 15 is 0 Å².